The van der Waals surface area contributed by atoms with Crippen molar-refractivity contribution in [1.29, 1.82) is 0 Å². The van der Waals surface area contributed by atoms with Crippen molar-refractivity contribution in [2.24, 2.45) is 0 Å². The maximum Gasteiger partial charge on any atom is 0.357 e. The molecule has 0 saturated heterocycles. The molecular weight excluding hydrogens is 292 g/mol. The number of carbonyl (C=O) groups is 2. The molecule has 1 aromatic heterocycles. The third-order valence-corrected chi connectivity index (χ3v) is 2.92. The van der Waals surface area contributed by atoms with Gasteiger partial charge in [-0.15, -0.1) is 0 Å². The fraction of sp³-hybridized carbons (Fsp3) is 0.133. The summed E-state index contributed by atoms with van der Waals surface area (Å²) in [4.78, 5) is 27.2. The number of benzene rings is 1. The number of halogens is 1. The first-order valence-electron chi connectivity index (χ1n) is 6.20. The average molecular weight is 305 g/mol. The molecule has 0 aliphatic carbocycles. The van der Waals surface area contributed by atoms with Crippen molar-refractivity contribution in [1.82, 2.24) is 4.98 Å². The van der Waals surface area contributed by atoms with Crippen LogP contribution >= 0.6 is 11.6 Å². The predicted octanol–water partition coefficient (Wildman–Crippen LogP) is 2.84. The third kappa shape index (κ3) is 4.29. The number of nitrogens with one attached hydrogen (secondary N) is 1. The van der Waals surface area contributed by atoms with Gasteiger partial charge in [0.05, 0.1) is 0 Å². The minimum absolute atomic E-state index is 0.157. The number of anilines is 1. The number of nitrogens with zero attached hydrogens (tertiary/aromatic N) is 1. The molecule has 0 aliphatic heterocycles. The number of hydrogen-bond acceptors (Lipinski definition) is 4. The van der Waals surface area contributed by atoms with Gasteiger partial charge in [0.25, 0.3) is 5.91 Å². The lowest BCUT2D eigenvalue weighted by atomic mass is 10.2. The molecule has 108 valence electrons. The molecule has 2 rings (SSSR count). The van der Waals surface area contributed by atoms with Gasteiger partial charge >= 0.3 is 5.97 Å². The molecule has 1 N–H and O–H groups in total. The van der Waals surface area contributed by atoms with Gasteiger partial charge in [-0.3, -0.25) is 4.79 Å². The molecule has 5 nitrogen and oxygen atoms in total. The Balaban J connectivity index is 1.91. The van der Waals surface area contributed by atoms with Gasteiger partial charge in [-0.25, -0.2) is 9.78 Å². The maximum atomic E-state index is 11.8. The summed E-state index contributed by atoms with van der Waals surface area (Å²) in [7, 11) is 0. The van der Waals surface area contributed by atoms with Gasteiger partial charge in [0.1, 0.15) is 5.69 Å². The van der Waals surface area contributed by atoms with Gasteiger partial charge in [0.15, 0.2) is 6.61 Å². The molecule has 2 aromatic rings. The second-order valence-electron chi connectivity index (χ2n) is 4.30. The van der Waals surface area contributed by atoms with Crippen LogP contribution in [0, 0.1) is 6.92 Å². The molecular formula is C15H13ClN2O3. The van der Waals surface area contributed by atoms with Crippen LogP contribution < -0.4 is 5.32 Å². The van der Waals surface area contributed by atoms with Crippen molar-refractivity contribution in [3.05, 3.63) is 58.9 Å². The number of esters is 1. The first-order valence-corrected chi connectivity index (χ1v) is 6.58. The first kappa shape index (κ1) is 15.0. The van der Waals surface area contributed by atoms with E-state index in [2.05, 4.69) is 10.3 Å². The number of aromatic nitrogens is 1. The molecule has 0 saturated carbocycles. The quantitative estimate of drug-likeness (QED) is 0.882. The zero-order valence-corrected chi connectivity index (χ0v) is 12.1. The predicted molar refractivity (Wildman–Crippen MR) is 79.3 cm³/mol. The monoisotopic (exact) mass is 304 g/mol. The van der Waals surface area contributed by atoms with Crippen molar-refractivity contribution < 1.29 is 14.3 Å². The zero-order chi connectivity index (χ0) is 15.2. The van der Waals surface area contributed by atoms with Crippen LogP contribution in [0.1, 0.15) is 16.1 Å². The van der Waals surface area contributed by atoms with E-state index in [-0.39, 0.29) is 12.3 Å². The lowest BCUT2D eigenvalue weighted by Crippen LogP contribution is -2.21. The lowest BCUT2D eigenvalue weighted by molar-refractivity contribution is -0.119. The van der Waals surface area contributed by atoms with E-state index in [0.717, 1.165) is 5.56 Å². The third-order valence-electron chi connectivity index (χ3n) is 2.68. The highest BCUT2D eigenvalue weighted by Gasteiger charge is 2.11. The van der Waals surface area contributed by atoms with Gasteiger partial charge < -0.3 is 10.1 Å². The number of aryl methyl sites for hydroxylation is 1. The Morgan fingerprint density at radius 3 is 2.81 bits per heavy atom. The summed E-state index contributed by atoms with van der Waals surface area (Å²) >= 11 is 5.86. The number of hydrogen-bond donors (Lipinski definition) is 1. The summed E-state index contributed by atoms with van der Waals surface area (Å²) in [6, 6.07) is 10.0. The van der Waals surface area contributed by atoms with Crippen LogP contribution in [0.5, 0.6) is 0 Å². The van der Waals surface area contributed by atoms with Crippen LogP contribution in [0.25, 0.3) is 0 Å². The van der Waals surface area contributed by atoms with Crippen molar-refractivity contribution in [2.45, 2.75) is 6.92 Å². The van der Waals surface area contributed by atoms with Gasteiger partial charge in [0.2, 0.25) is 0 Å². The van der Waals surface area contributed by atoms with Crippen LogP contribution in [0.4, 0.5) is 5.69 Å². The van der Waals surface area contributed by atoms with E-state index in [0.29, 0.717) is 10.7 Å². The SMILES string of the molecule is Cc1ccc(Cl)cc1NC(=O)COC(=O)c1ccccn1. The number of carbonyl (C=O) groups excluding carboxylic acids is 2. The van der Waals surface area contributed by atoms with E-state index in [1.807, 2.05) is 6.92 Å². The molecule has 0 fully saturated rings. The van der Waals surface area contributed by atoms with E-state index in [4.69, 9.17) is 16.3 Å². The Hall–Kier alpha value is -2.40. The Morgan fingerprint density at radius 1 is 1.29 bits per heavy atom. The van der Waals surface area contributed by atoms with E-state index in [1.165, 1.54) is 12.3 Å². The summed E-state index contributed by atoms with van der Waals surface area (Å²) < 4.78 is 4.89. The van der Waals surface area contributed by atoms with Gasteiger partial charge in [-0.1, -0.05) is 23.7 Å². The molecule has 21 heavy (non-hydrogen) atoms. The molecule has 1 aromatic carbocycles. The largest absolute Gasteiger partial charge is 0.451 e. The smallest absolute Gasteiger partial charge is 0.357 e. The van der Waals surface area contributed by atoms with Crippen molar-refractivity contribution >= 4 is 29.2 Å². The van der Waals surface area contributed by atoms with E-state index in [9.17, 15) is 9.59 Å². The summed E-state index contributed by atoms with van der Waals surface area (Å²) in [6.45, 7) is 1.45. The van der Waals surface area contributed by atoms with E-state index >= 15 is 0 Å². The Bertz CT molecular complexity index is 659. The summed E-state index contributed by atoms with van der Waals surface area (Å²) in [5.74, 6) is -1.08. The second kappa shape index (κ2) is 6.85. The first-order chi connectivity index (χ1) is 10.1. The second-order valence-corrected chi connectivity index (χ2v) is 4.73. The van der Waals surface area contributed by atoms with Gasteiger partial charge in [-0.05, 0) is 36.8 Å². The number of rotatable bonds is 4. The van der Waals surface area contributed by atoms with Crippen LogP contribution in [0.3, 0.4) is 0 Å². The molecule has 0 unspecified atom stereocenters. The molecule has 0 spiro atoms. The molecule has 0 radical (unpaired) electrons. The maximum absolute atomic E-state index is 11.8. The number of pyridine rings is 1. The van der Waals surface area contributed by atoms with Crippen LogP contribution in [-0.2, 0) is 9.53 Å². The Labute approximate surface area is 126 Å². The molecule has 1 amide bonds. The highest BCUT2D eigenvalue weighted by Crippen LogP contribution is 2.19. The van der Waals surface area contributed by atoms with Crippen molar-refractivity contribution in [3.8, 4) is 0 Å². The Morgan fingerprint density at radius 2 is 2.10 bits per heavy atom. The normalized spacial score (nSPS) is 10.0. The van der Waals surface area contributed by atoms with Crippen molar-refractivity contribution in [2.75, 3.05) is 11.9 Å². The summed E-state index contributed by atoms with van der Waals surface area (Å²) in [5, 5.41) is 3.15. The number of ether oxygens (including phenoxy) is 1. The molecule has 0 aliphatic rings. The fourth-order valence-corrected chi connectivity index (χ4v) is 1.78. The van der Waals surface area contributed by atoms with Crippen LogP contribution in [-0.4, -0.2) is 23.5 Å². The molecule has 0 atom stereocenters. The molecule has 1 heterocycles. The fourth-order valence-electron chi connectivity index (χ4n) is 1.60. The lowest BCUT2D eigenvalue weighted by Gasteiger charge is -2.09. The topological polar surface area (TPSA) is 68.3 Å². The Kier molecular flexibility index (Phi) is 4.90. The average Bonchev–Trinajstić information content (AvgIpc) is 2.49. The van der Waals surface area contributed by atoms with Crippen LogP contribution in [0.15, 0.2) is 42.6 Å². The number of amides is 1. The molecule has 0 bridgehead atoms. The van der Waals surface area contributed by atoms with Crippen molar-refractivity contribution in [3.63, 3.8) is 0 Å². The standard InChI is InChI=1S/C15H13ClN2O3/c1-10-5-6-11(16)8-13(10)18-14(19)9-21-15(20)12-4-2-3-7-17-12/h2-8H,9H2,1H3,(H,18,19). The van der Waals surface area contributed by atoms with E-state index < -0.39 is 11.9 Å². The summed E-state index contributed by atoms with van der Waals surface area (Å²) in [5.41, 5.74) is 1.61. The minimum Gasteiger partial charge on any atom is -0.451 e. The van der Waals surface area contributed by atoms with Gasteiger partial charge in [-0.2, -0.15) is 0 Å². The molecule has 6 heteroatoms. The van der Waals surface area contributed by atoms with Crippen LogP contribution in [0.2, 0.25) is 5.02 Å². The zero-order valence-electron chi connectivity index (χ0n) is 11.3. The van der Waals surface area contributed by atoms with Gasteiger partial charge in [0, 0.05) is 16.9 Å². The minimum atomic E-state index is -0.645. The summed E-state index contributed by atoms with van der Waals surface area (Å²) in [6.07, 6.45) is 1.48. The highest BCUT2D eigenvalue weighted by atomic mass is 35.5. The highest BCUT2D eigenvalue weighted by molar-refractivity contribution is 6.31. The van der Waals surface area contributed by atoms with E-state index in [1.54, 1.807) is 30.3 Å².